The van der Waals surface area contributed by atoms with E-state index in [4.69, 9.17) is 0 Å². The fourth-order valence-electron chi connectivity index (χ4n) is 4.17. The second-order valence-corrected chi connectivity index (χ2v) is 9.33. The number of rotatable bonds is 0. The molecule has 1 aromatic rings. The first-order valence-corrected chi connectivity index (χ1v) is 9.25. The highest BCUT2D eigenvalue weighted by atomic mass is 16.3. The van der Waals surface area contributed by atoms with E-state index in [0.717, 1.165) is 12.1 Å². The third-order valence-electron chi connectivity index (χ3n) is 5.33. The number of carbonyl (C=O) groups is 4. The third kappa shape index (κ3) is 3.39. The summed E-state index contributed by atoms with van der Waals surface area (Å²) in [4.78, 5) is 51.0. The van der Waals surface area contributed by atoms with E-state index in [1.807, 2.05) is 0 Å². The van der Waals surface area contributed by atoms with Crippen LogP contribution in [0.1, 0.15) is 53.4 Å². The van der Waals surface area contributed by atoms with Crippen molar-refractivity contribution in [1.82, 2.24) is 0 Å². The standard InChI is InChI=1S/C22H24O6/c1-21(2)7-13(25)17(14(26)8-21)19-11(23)5-6-12(24)20(19)18-15(27)9-22(3,4)10-16(18)28/h5-6,23-24H,7-10H2,1-4H3. The van der Waals surface area contributed by atoms with Gasteiger partial charge >= 0.3 is 0 Å². The average molecular weight is 384 g/mol. The number of hydrogen-bond acceptors (Lipinski definition) is 6. The molecule has 0 unspecified atom stereocenters. The molecule has 2 fully saturated rings. The minimum Gasteiger partial charge on any atom is -0.507 e. The van der Waals surface area contributed by atoms with E-state index in [1.54, 1.807) is 27.7 Å². The van der Waals surface area contributed by atoms with Gasteiger partial charge in [-0.15, -0.1) is 0 Å². The van der Waals surface area contributed by atoms with Gasteiger partial charge in [0.05, 0.1) is 11.1 Å². The van der Waals surface area contributed by atoms with Gasteiger partial charge in [-0.2, -0.15) is 0 Å². The molecule has 2 aliphatic rings. The van der Waals surface area contributed by atoms with E-state index in [2.05, 4.69) is 0 Å². The van der Waals surface area contributed by atoms with Crippen molar-refractivity contribution in [2.24, 2.45) is 10.8 Å². The van der Waals surface area contributed by atoms with Crippen LogP contribution in [0.2, 0.25) is 0 Å². The molecule has 0 aliphatic heterocycles. The average Bonchev–Trinajstić information content (AvgIpc) is 2.49. The lowest BCUT2D eigenvalue weighted by Gasteiger charge is -2.29. The summed E-state index contributed by atoms with van der Waals surface area (Å²) in [6.07, 6.45) is 0.361. The molecule has 0 aromatic heterocycles. The first kappa shape index (κ1) is 20.0. The minimum atomic E-state index is -0.516. The lowest BCUT2D eigenvalue weighted by molar-refractivity contribution is -0.126. The van der Waals surface area contributed by atoms with E-state index in [1.165, 1.54) is 0 Å². The van der Waals surface area contributed by atoms with Gasteiger partial charge < -0.3 is 10.2 Å². The van der Waals surface area contributed by atoms with Crippen molar-refractivity contribution in [2.45, 2.75) is 53.4 Å². The Morgan fingerprint density at radius 2 is 0.857 bits per heavy atom. The predicted molar refractivity (Wildman–Crippen MR) is 102 cm³/mol. The Kier molecular flexibility index (Phi) is 4.57. The van der Waals surface area contributed by atoms with Crippen molar-refractivity contribution in [1.29, 1.82) is 0 Å². The molecule has 0 atom stereocenters. The number of phenolic OH excluding ortho intramolecular Hbond substituents is 2. The number of carbonyl (C=O) groups excluding carboxylic acids is 4. The Balaban J connectivity index is 2.47. The highest BCUT2D eigenvalue weighted by molar-refractivity contribution is 6.44. The van der Waals surface area contributed by atoms with Gasteiger partial charge in [0.25, 0.3) is 0 Å². The number of Topliss-reactive ketones (excluding diaryl/α,β-unsaturated/α-hetero) is 4. The van der Waals surface area contributed by atoms with Gasteiger partial charge in [-0.1, -0.05) is 27.7 Å². The molecule has 2 saturated carbocycles. The molecule has 6 heteroatoms. The Labute approximate surface area is 162 Å². The monoisotopic (exact) mass is 384 g/mol. The Bertz CT molecular complexity index is 926. The molecule has 0 amide bonds. The summed E-state index contributed by atoms with van der Waals surface area (Å²) in [5.41, 5.74) is -1.53. The van der Waals surface area contributed by atoms with Crippen LogP contribution in [0.5, 0.6) is 11.5 Å². The van der Waals surface area contributed by atoms with Crippen molar-refractivity contribution in [2.75, 3.05) is 0 Å². The fourth-order valence-corrected chi connectivity index (χ4v) is 4.17. The van der Waals surface area contributed by atoms with Crippen LogP contribution in [0.3, 0.4) is 0 Å². The van der Waals surface area contributed by atoms with Crippen LogP contribution in [0, 0.1) is 10.8 Å². The lowest BCUT2D eigenvalue weighted by atomic mass is 9.72. The van der Waals surface area contributed by atoms with E-state index < -0.39 is 45.5 Å². The van der Waals surface area contributed by atoms with Crippen LogP contribution in [-0.2, 0) is 19.2 Å². The zero-order valence-corrected chi connectivity index (χ0v) is 16.5. The van der Waals surface area contributed by atoms with Crippen molar-refractivity contribution in [3.05, 3.63) is 22.6 Å². The number of hydrogen-bond donors (Lipinski definition) is 2. The SMILES string of the molecule is CC1(C)CC(=O)C(=c2c(O)ccc(O)c2=C2C(=O)CC(C)(C)CC2=O)C(=O)C1. The molecule has 6 nitrogen and oxygen atoms in total. The number of ketones is 4. The minimum absolute atomic E-state index is 0.0901. The molecular formula is C22H24O6. The molecule has 2 N–H and O–H groups in total. The molecule has 3 rings (SSSR count). The van der Waals surface area contributed by atoms with Crippen molar-refractivity contribution >= 4 is 34.3 Å². The predicted octanol–water partition coefficient (Wildman–Crippen LogP) is 1.32. The number of benzene rings is 1. The van der Waals surface area contributed by atoms with Crippen LogP contribution in [0.15, 0.2) is 12.1 Å². The van der Waals surface area contributed by atoms with E-state index in [0.29, 0.717) is 0 Å². The van der Waals surface area contributed by atoms with Gasteiger partial charge in [0.1, 0.15) is 11.5 Å². The Morgan fingerprint density at radius 3 is 1.11 bits per heavy atom. The maximum Gasteiger partial charge on any atom is 0.167 e. The summed E-state index contributed by atoms with van der Waals surface area (Å²) in [6.45, 7) is 7.20. The second-order valence-electron chi connectivity index (χ2n) is 9.33. The van der Waals surface area contributed by atoms with E-state index in [9.17, 15) is 29.4 Å². The maximum atomic E-state index is 12.8. The molecule has 148 valence electrons. The van der Waals surface area contributed by atoms with Crippen molar-refractivity contribution in [3.63, 3.8) is 0 Å². The zero-order chi connectivity index (χ0) is 21.0. The van der Waals surface area contributed by atoms with Gasteiger partial charge in [0, 0.05) is 36.1 Å². The molecule has 0 heterocycles. The van der Waals surface area contributed by atoms with Crippen LogP contribution < -0.4 is 10.4 Å². The van der Waals surface area contributed by atoms with Gasteiger partial charge in [-0.25, -0.2) is 0 Å². The number of phenols is 2. The summed E-state index contributed by atoms with van der Waals surface area (Å²) in [5.74, 6) is -2.72. The highest BCUT2D eigenvalue weighted by Crippen LogP contribution is 2.35. The van der Waals surface area contributed by atoms with Crippen LogP contribution in [0.25, 0.3) is 11.1 Å². The summed E-state index contributed by atoms with van der Waals surface area (Å²) in [7, 11) is 0. The van der Waals surface area contributed by atoms with Crippen molar-refractivity contribution in [3.8, 4) is 11.5 Å². The topological polar surface area (TPSA) is 109 Å². The van der Waals surface area contributed by atoms with Gasteiger partial charge in [0.15, 0.2) is 23.1 Å². The van der Waals surface area contributed by atoms with Gasteiger partial charge in [-0.3, -0.25) is 19.2 Å². The molecule has 2 aliphatic carbocycles. The summed E-state index contributed by atoms with van der Waals surface area (Å²) in [6, 6.07) is 2.31. The van der Waals surface area contributed by atoms with E-state index >= 15 is 0 Å². The van der Waals surface area contributed by atoms with Gasteiger partial charge in [0.2, 0.25) is 0 Å². The molecule has 28 heavy (non-hydrogen) atoms. The van der Waals surface area contributed by atoms with Crippen LogP contribution in [-0.4, -0.2) is 33.3 Å². The first-order valence-electron chi connectivity index (χ1n) is 9.25. The molecule has 0 radical (unpaired) electrons. The Morgan fingerprint density at radius 1 is 0.607 bits per heavy atom. The molecule has 0 spiro atoms. The molecule has 0 bridgehead atoms. The first-order chi connectivity index (χ1) is 12.8. The summed E-state index contributed by atoms with van der Waals surface area (Å²) in [5, 5.41) is 20.5. The molecule has 0 saturated heterocycles. The van der Waals surface area contributed by atoms with Crippen LogP contribution in [0.4, 0.5) is 0 Å². The quantitative estimate of drug-likeness (QED) is 0.653. The Hall–Kier alpha value is -2.76. The second kappa shape index (κ2) is 6.40. The molecule has 1 aromatic carbocycles. The number of aromatic hydroxyl groups is 2. The zero-order valence-electron chi connectivity index (χ0n) is 16.5. The van der Waals surface area contributed by atoms with Crippen molar-refractivity contribution < 1.29 is 29.4 Å². The molecular weight excluding hydrogens is 360 g/mol. The van der Waals surface area contributed by atoms with Crippen LogP contribution >= 0.6 is 0 Å². The lowest BCUT2D eigenvalue weighted by Crippen LogP contribution is -2.43. The smallest absolute Gasteiger partial charge is 0.167 e. The third-order valence-corrected chi connectivity index (χ3v) is 5.33. The highest BCUT2D eigenvalue weighted by Gasteiger charge is 2.39. The fraction of sp³-hybridized carbons (Fsp3) is 0.455. The maximum absolute atomic E-state index is 12.8. The normalized spacial score (nSPS) is 22.0. The summed E-state index contributed by atoms with van der Waals surface area (Å²) < 4.78 is 0. The largest absolute Gasteiger partial charge is 0.507 e. The van der Waals surface area contributed by atoms with E-state index in [-0.39, 0.29) is 47.3 Å². The summed E-state index contributed by atoms with van der Waals surface area (Å²) >= 11 is 0. The van der Waals surface area contributed by atoms with Gasteiger partial charge in [-0.05, 0) is 23.0 Å².